The molecule has 1 heterocycles. The van der Waals surface area contributed by atoms with E-state index in [0.717, 1.165) is 0 Å². The average Bonchev–Trinajstić information content (AvgIpc) is 2.45. The number of fused-ring (bicyclic) bond motifs is 1. The Hall–Kier alpha value is -1.82. The zero-order valence-corrected chi connectivity index (χ0v) is 12.2. The molecular weight excluding hydrogens is 276 g/mol. The van der Waals surface area contributed by atoms with E-state index in [1.165, 1.54) is 11.8 Å². The maximum atomic E-state index is 11.9. The van der Waals surface area contributed by atoms with E-state index in [0.29, 0.717) is 23.3 Å². The highest BCUT2D eigenvalue weighted by atomic mass is 32.2. The van der Waals surface area contributed by atoms with Crippen LogP contribution in [-0.2, 0) is 9.53 Å². The van der Waals surface area contributed by atoms with E-state index >= 15 is 0 Å². The molecule has 6 heteroatoms. The van der Waals surface area contributed by atoms with Gasteiger partial charge >= 0.3 is 5.97 Å². The molecular formula is C14H16N2O3S. The van der Waals surface area contributed by atoms with Crippen molar-refractivity contribution in [1.82, 2.24) is 9.97 Å². The molecule has 0 aliphatic carbocycles. The summed E-state index contributed by atoms with van der Waals surface area (Å²) in [6.07, 6.45) is 0. The van der Waals surface area contributed by atoms with E-state index in [9.17, 15) is 9.59 Å². The maximum absolute atomic E-state index is 11.9. The lowest BCUT2D eigenvalue weighted by atomic mass is 10.2. The van der Waals surface area contributed by atoms with Crippen LogP contribution in [0.25, 0.3) is 10.9 Å². The molecule has 0 saturated carbocycles. The number of rotatable bonds is 5. The number of hydrogen-bond donors (Lipinski definition) is 1. The highest BCUT2D eigenvalue weighted by Crippen LogP contribution is 2.25. The molecule has 1 aromatic carbocycles. The van der Waals surface area contributed by atoms with Crippen molar-refractivity contribution >= 4 is 28.6 Å². The molecule has 5 nitrogen and oxygen atoms in total. The molecule has 0 spiro atoms. The van der Waals surface area contributed by atoms with Crippen LogP contribution in [0.5, 0.6) is 0 Å². The molecule has 1 atom stereocenters. The molecule has 20 heavy (non-hydrogen) atoms. The summed E-state index contributed by atoms with van der Waals surface area (Å²) in [5, 5.41) is 0.482. The predicted molar refractivity (Wildman–Crippen MR) is 79.9 cm³/mol. The van der Waals surface area contributed by atoms with E-state index in [4.69, 9.17) is 4.74 Å². The van der Waals surface area contributed by atoms with Gasteiger partial charge in [0.25, 0.3) is 5.56 Å². The molecule has 2 rings (SSSR count). The van der Waals surface area contributed by atoms with Gasteiger partial charge in [0, 0.05) is 0 Å². The highest BCUT2D eigenvalue weighted by molar-refractivity contribution is 8.00. The van der Waals surface area contributed by atoms with Crippen molar-refractivity contribution < 1.29 is 9.53 Å². The second-order valence-electron chi connectivity index (χ2n) is 4.23. The second kappa shape index (κ2) is 6.56. The molecule has 0 aliphatic rings. The summed E-state index contributed by atoms with van der Waals surface area (Å²) >= 11 is 1.39. The van der Waals surface area contributed by atoms with Gasteiger partial charge in [-0.1, -0.05) is 12.1 Å². The lowest BCUT2D eigenvalue weighted by Gasteiger charge is -2.10. The topological polar surface area (TPSA) is 72.0 Å². The molecule has 0 aliphatic heterocycles. The number of esters is 1. The number of nitrogens with zero attached hydrogens (tertiary/aromatic N) is 1. The number of carbonyl (C=O) groups excluding carboxylic acids is 1. The third-order valence-electron chi connectivity index (χ3n) is 2.77. The summed E-state index contributed by atoms with van der Waals surface area (Å²) < 4.78 is 4.87. The first kappa shape index (κ1) is 14.6. The second-order valence-corrected chi connectivity index (χ2v) is 5.56. The van der Waals surface area contributed by atoms with Crippen LogP contribution in [-0.4, -0.2) is 28.3 Å². The number of thioether (sulfide) groups is 1. The minimum absolute atomic E-state index is 0.0864. The number of nitrogens with one attached hydrogen (secondary N) is 1. The van der Waals surface area contributed by atoms with Crippen molar-refractivity contribution in [2.75, 3.05) is 12.4 Å². The number of H-pyrrole nitrogens is 1. The SMILES string of the molecule is CCOC(=O)CS[C@H](C)c1nc2ccccc2c(=O)[nH]1. The summed E-state index contributed by atoms with van der Waals surface area (Å²) in [7, 11) is 0. The quantitative estimate of drug-likeness (QED) is 0.856. The smallest absolute Gasteiger partial charge is 0.315 e. The van der Waals surface area contributed by atoms with Crippen molar-refractivity contribution in [3.8, 4) is 0 Å². The fourth-order valence-electron chi connectivity index (χ4n) is 1.77. The fraction of sp³-hybridized carbons (Fsp3) is 0.357. The van der Waals surface area contributed by atoms with Crippen molar-refractivity contribution in [3.05, 3.63) is 40.4 Å². The Morgan fingerprint density at radius 2 is 2.20 bits per heavy atom. The van der Waals surface area contributed by atoms with Crippen molar-refractivity contribution in [2.45, 2.75) is 19.1 Å². The summed E-state index contributed by atoms with van der Waals surface area (Å²) in [4.78, 5) is 30.5. The highest BCUT2D eigenvalue weighted by Gasteiger charge is 2.13. The van der Waals surface area contributed by atoms with Crippen LogP contribution in [0, 0.1) is 0 Å². The number of para-hydroxylation sites is 1. The third-order valence-corrected chi connectivity index (χ3v) is 3.90. The number of aromatic nitrogens is 2. The largest absolute Gasteiger partial charge is 0.465 e. The molecule has 0 amide bonds. The van der Waals surface area contributed by atoms with Crippen LogP contribution in [0.4, 0.5) is 0 Å². The van der Waals surface area contributed by atoms with Gasteiger partial charge in [-0.2, -0.15) is 0 Å². The number of carbonyl (C=O) groups is 1. The Kier molecular flexibility index (Phi) is 4.79. The Labute approximate surface area is 120 Å². The molecule has 2 aromatic rings. The van der Waals surface area contributed by atoms with E-state index in [-0.39, 0.29) is 22.5 Å². The van der Waals surface area contributed by atoms with E-state index in [2.05, 4.69) is 9.97 Å². The normalized spacial score (nSPS) is 12.3. The zero-order valence-electron chi connectivity index (χ0n) is 11.4. The Morgan fingerprint density at radius 3 is 2.95 bits per heavy atom. The van der Waals surface area contributed by atoms with Gasteiger partial charge in [-0.05, 0) is 26.0 Å². The van der Waals surface area contributed by atoms with Gasteiger partial charge in [0.15, 0.2) is 0 Å². The number of aromatic amines is 1. The molecule has 0 bridgehead atoms. The molecule has 0 radical (unpaired) electrons. The predicted octanol–water partition coefficient (Wildman–Crippen LogP) is 2.28. The number of benzene rings is 1. The molecule has 0 unspecified atom stereocenters. The van der Waals surface area contributed by atoms with Gasteiger partial charge in [-0.3, -0.25) is 9.59 Å². The standard InChI is InChI=1S/C14H16N2O3S/c1-3-19-12(17)8-20-9(2)13-15-11-7-5-4-6-10(11)14(18)16-13/h4-7,9H,3,8H2,1-2H3,(H,15,16,18)/t9-/m1/s1. The van der Waals surface area contributed by atoms with Gasteiger partial charge in [-0.15, -0.1) is 11.8 Å². The Balaban J connectivity index is 2.16. The molecule has 1 N–H and O–H groups in total. The van der Waals surface area contributed by atoms with Crippen LogP contribution in [0.1, 0.15) is 24.9 Å². The number of hydrogen-bond acceptors (Lipinski definition) is 5. The van der Waals surface area contributed by atoms with Gasteiger partial charge < -0.3 is 9.72 Å². The first-order valence-electron chi connectivity index (χ1n) is 6.38. The molecule has 0 fully saturated rings. The molecule has 106 valence electrons. The first-order chi connectivity index (χ1) is 9.61. The van der Waals surface area contributed by atoms with Crippen molar-refractivity contribution in [1.29, 1.82) is 0 Å². The van der Waals surface area contributed by atoms with Gasteiger partial charge in [0.2, 0.25) is 0 Å². The minimum Gasteiger partial charge on any atom is -0.465 e. The maximum Gasteiger partial charge on any atom is 0.315 e. The van der Waals surface area contributed by atoms with Gasteiger partial charge in [-0.25, -0.2) is 4.98 Å². The zero-order chi connectivity index (χ0) is 14.5. The summed E-state index contributed by atoms with van der Waals surface area (Å²) in [6.45, 7) is 4.05. The number of ether oxygens (including phenoxy) is 1. The molecule has 0 saturated heterocycles. The monoisotopic (exact) mass is 292 g/mol. The summed E-state index contributed by atoms with van der Waals surface area (Å²) in [6, 6.07) is 7.19. The van der Waals surface area contributed by atoms with E-state index < -0.39 is 0 Å². The van der Waals surface area contributed by atoms with E-state index in [1.54, 1.807) is 25.1 Å². The Morgan fingerprint density at radius 1 is 1.45 bits per heavy atom. The minimum atomic E-state index is -0.257. The summed E-state index contributed by atoms with van der Waals surface area (Å²) in [5.41, 5.74) is 0.504. The van der Waals surface area contributed by atoms with Gasteiger partial charge in [0.05, 0.1) is 28.5 Å². The first-order valence-corrected chi connectivity index (χ1v) is 7.43. The van der Waals surface area contributed by atoms with Crippen LogP contribution in [0.3, 0.4) is 0 Å². The third kappa shape index (κ3) is 3.39. The van der Waals surface area contributed by atoms with Crippen LogP contribution in [0.2, 0.25) is 0 Å². The van der Waals surface area contributed by atoms with Crippen LogP contribution >= 0.6 is 11.8 Å². The molecule has 1 aromatic heterocycles. The van der Waals surface area contributed by atoms with Crippen molar-refractivity contribution in [3.63, 3.8) is 0 Å². The fourth-order valence-corrected chi connectivity index (χ4v) is 2.51. The lowest BCUT2D eigenvalue weighted by molar-refractivity contribution is -0.139. The average molecular weight is 292 g/mol. The lowest BCUT2D eigenvalue weighted by Crippen LogP contribution is -2.14. The van der Waals surface area contributed by atoms with Gasteiger partial charge in [0.1, 0.15) is 5.82 Å². The van der Waals surface area contributed by atoms with E-state index in [1.807, 2.05) is 13.0 Å². The van der Waals surface area contributed by atoms with Crippen LogP contribution < -0.4 is 5.56 Å². The van der Waals surface area contributed by atoms with Crippen molar-refractivity contribution in [2.24, 2.45) is 0 Å². The van der Waals surface area contributed by atoms with Crippen LogP contribution in [0.15, 0.2) is 29.1 Å². The summed E-state index contributed by atoms with van der Waals surface area (Å²) in [5.74, 6) is 0.557. The Bertz CT molecular complexity index is 669.